The van der Waals surface area contributed by atoms with Gasteiger partial charge >= 0.3 is 0 Å². The zero-order valence-electron chi connectivity index (χ0n) is 11.2. The summed E-state index contributed by atoms with van der Waals surface area (Å²) in [5, 5.41) is 0. The van der Waals surface area contributed by atoms with Crippen LogP contribution in [0.25, 0.3) is 0 Å². The van der Waals surface area contributed by atoms with Crippen LogP contribution in [0, 0.1) is 6.92 Å². The van der Waals surface area contributed by atoms with Gasteiger partial charge in [0.15, 0.2) is 0 Å². The molecule has 1 aromatic heterocycles. The van der Waals surface area contributed by atoms with Crippen molar-refractivity contribution in [2.45, 2.75) is 18.4 Å². The molecular formula is C13H16N2O3S2. The van der Waals surface area contributed by atoms with Gasteiger partial charge in [-0.1, -0.05) is 6.07 Å². The lowest BCUT2D eigenvalue weighted by molar-refractivity contribution is 0.415. The molecule has 0 aliphatic rings. The van der Waals surface area contributed by atoms with Crippen molar-refractivity contribution in [2.75, 3.05) is 11.8 Å². The Balaban J connectivity index is 2.32. The van der Waals surface area contributed by atoms with Crippen LogP contribution in [-0.4, -0.2) is 15.5 Å². The minimum absolute atomic E-state index is 0.269. The molecule has 1 aromatic carbocycles. The van der Waals surface area contributed by atoms with Crippen molar-refractivity contribution in [3.8, 4) is 5.75 Å². The summed E-state index contributed by atoms with van der Waals surface area (Å²) in [5.41, 5.74) is 6.01. The molecule has 2 rings (SSSR count). The summed E-state index contributed by atoms with van der Waals surface area (Å²) >= 11 is 1.39. The fourth-order valence-electron chi connectivity index (χ4n) is 1.79. The summed E-state index contributed by atoms with van der Waals surface area (Å²) in [6.45, 7) is 2.10. The highest BCUT2D eigenvalue weighted by Gasteiger charge is 2.19. The van der Waals surface area contributed by atoms with Crippen molar-refractivity contribution in [1.82, 2.24) is 0 Å². The van der Waals surface area contributed by atoms with Crippen molar-refractivity contribution in [2.24, 2.45) is 5.73 Å². The molecule has 0 radical (unpaired) electrons. The third-order valence-electron chi connectivity index (χ3n) is 2.74. The van der Waals surface area contributed by atoms with Gasteiger partial charge in [-0.3, -0.25) is 4.72 Å². The van der Waals surface area contributed by atoms with E-state index in [0.717, 1.165) is 9.75 Å². The molecule has 0 aliphatic carbocycles. The van der Waals surface area contributed by atoms with Crippen LogP contribution in [0.3, 0.4) is 0 Å². The van der Waals surface area contributed by atoms with E-state index in [1.165, 1.54) is 18.4 Å². The summed E-state index contributed by atoms with van der Waals surface area (Å²) in [4.78, 5) is 1.83. The molecule has 20 heavy (non-hydrogen) atoms. The van der Waals surface area contributed by atoms with Gasteiger partial charge in [0, 0.05) is 22.4 Å². The van der Waals surface area contributed by atoms with Gasteiger partial charge in [0.25, 0.3) is 10.0 Å². The van der Waals surface area contributed by atoms with E-state index in [0.29, 0.717) is 18.0 Å². The summed E-state index contributed by atoms with van der Waals surface area (Å²) in [6.07, 6.45) is 0. The number of hydrogen-bond acceptors (Lipinski definition) is 5. The molecule has 0 aliphatic heterocycles. The second kappa shape index (κ2) is 5.82. The second-order valence-corrected chi connectivity index (χ2v) is 7.17. The number of hydrogen-bond donors (Lipinski definition) is 2. The first-order chi connectivity index (χ1) is 9.46. The van der Waals surface area contributed by atoms with Gasteiger partial charge in [0.1, 0.15) is 10.6 Å². The summed E-state index contributed by atoms with van der Waals surface area (Å²) in [7, 11) is -2.08. The predicted octanol–water partition coefficient (Wildman–Crippen LogP) is 2.32. The molecule has 2 aromatic rings. The molecule has 0 saturated heterocycles. The summed E-state index contributed by atoms with van der Waals surface area (Å²) in [5.74, 6) is 0.592. The molecule has 5 nitrogen and oxygen atoms in total. The van der Waals surface area contributed by atoms with Gasteiger partial charge in [-0.2, -0.15) is 0 Å². The molecule has 3 N–H and O–H groups in total. The SMILES string of the molecule is COc1cccc(NS(=O)(=O)c2cc(CN)sc2C)c1. The molecule has 0 fully saturated rings. The zero-order chi connectivity index (χ0) is 14.8. The topological polar surface area (TPSA) is 81.4 Å². The number of ether oxygens (including phenoxy) is 1. The van der Waals surface area contributed by atoms with Crippen LogP contribution in [0.4, 0.5) is 5.69 Å². The first kappa shape index (κ1) is 14.8. The first-order valence-electron chi connectivity index (χ1n) is 5.92. The number of methoxy groups -OCH3 is 1. The molecule has 7 heteroatoms. The predicted molar refractivity (Wildman–Crippen MR) is 80.7 cm³/mol. The van der Waals surface area contributed by atoms with Crippen LogP contribution in [-0.2, 0) is 16.6 Å². The number of anilines is 1. The van der Waals surface area contributed by atoms with Crippen LogP contribution in [0.15, 0.2) is 35.2 Å². The largest absolute Gasteiger partial charge is 0.497 e. The monoisotopic (exact) mass is 312 g/mol. The number of nitrogens with two attached hydrogens (primary N) is 1. The molecular weight excluding hydrogens is 296 g/mol. The Labute approximate surface area is 122 Å². The Kier molecular flexibility index (Phi) is 4.32. The van der Waals surface area contributed by atoms with E-state index >= 15 is 0 Å². The van der Waals surface area contributed by atoms with E-state index in [4.69, 9.17) is 10.5 Å². The Morgan fingerprint density at radius 3 is 2.70 bits per heavy atom. The van der Waals surface area contributed by atoms with Crippen LogP contribution in [0.5, 0.6) is 5.75 Å². The van der Waals surface area contributed by atoms with Gasteiger partial charge in [0.2, 0.25) is 0 Å². The molecule has 0 atom stereocenters. The van der Waals surface area contributed by atoms with Gasteiger partial charge in [0.05, 0.1) is 12.8 Å². The van der Waals surface area contributed by atoms with Crippen molar-refractivity contribution in [3.63, 3.8) is 0 Å². The zero-order valence-corrected chi connectivity index (χ0v) is 12.8. The highest BCUT2D eigenvalue weighted by Crippen LogP contribution is 2.28. The third kappa shape index (κ3) is 3.12. The minimum Gasteiger partial charge on any atom is -0.497 e. The molecule has 1 heterocycles. The summed E-state index contributed by atoms with van der Waals surface area (Å²) in [6, 6.07) is 8.39. The van der Waals surface area contributed by atoms with Gasteiger partial charge in [-0.25, -0.2) is 8.42 Å². The van der Waals surface area contributed by atoms with Gasteiger partial charge in [-0.15, -0.1) is 11.3 Å². The number of aryl methyl sites for hydroxylation is 1. The minimum atomic E-state index is -3.61. The molecule has 0 spiro atoms. The average Bonchev–Trinajstić information content (AvgIpc) is 2.80. The second-order valence-electron chi connectivity index (χ2n) is 4.17. The molecule has 0 amide bonds. The molecule has 0 unspecified atom stereocenters. The Bertz CT molecular complexity index is 708. The number of nitrogens with one attached hydrogen (secondary N) is 1. The normalized spacial score (nSPS) is 11.3. The molecule has 0 bridgehead atoms. The fourth-order valence-corrected chi connectivity index (χ4v) is 4.35. The van der Waals surface area contributed by atoms with Crippen molar-refractivity contribution in [3.05, 3.63) is 40.1 Å². The Morgan fingerprint density at radius 2 is 2.10 bits per heavy atom. The maximum absolute atomic E-state index is 12.4. The lowest BCUT2D eigenvalue weighted by atomic mass is 10.3. The highest BCUT2D eigenvalue weighted by molar-refractivity contribution is 7.93. The lowest BCUT2D eigenvalue weighted by Crippen LogP contribution is -2.13. The summed E-state index contributed by atoms with van der Waals surface area (Å²) < 4.78 is 32.3. The van der Waals surface area contributed by atoms with Crippen molar-refractivity contribution < 1.29 is 13.2 Å². The van der Waals surface area contributed by atoms with Gasteiger partial charge < -0.3 is 10.5 Å². The maximum atomic E-state index is 12.4. The lowest BCUT2D eigenvalue weighted by Gasteiger charge is -2.08. The van der Waals surface area contributed by atoms with Gasteiger partial charge in [-0.05, 0) is 25.1 Å². The van der Waals surface area contributed by atoms with E-state index in [-0.39, 0.29) is 4.90 Å². The highest BCUT2D eigenvalue weighted by atomic mass is 32.2. The third-order valence-corrected chi connectivity index (χ3v) is 5.45. The van der Waals surface area contributed by atoms with Crippen LogP contribution >= 0.6 is 11.3 Å². The number of rotatable bonds is 5. The quantitative estimate of drug-likeness (QED) is 0.888. The average molecular weight is 312 g/mol. The number of sulfonamides is 1. The van der Waals surface area contributed by atoms with E-state index in [9.17, 15) is 8.42 Å². The van der Waals surface area contributed by atoms with Crippen LogP contribution in [0.2, 0.25) is 0 Å². The number of benzene rings is 1. The van der Waals surface area contributed by atoms with Crippen LogP contribution < -0.4 is 15.2 Å². The van der Waals surface area contributed by atoms with E-state index < -0.39 is 10.0 Å². The Morgan fingerprint density at radius 1 is 1.35 bits per heavy atom. The smallest absolute Gasteiger partial charge is 0.263 e. The van der Waals surface area contributed by atoms with E-state index in [2.05, 4.69) is 4.72 Å². The maximum Gasteiger partial charge on any atom is 0.263 e. The van der Waals surface area contributed by atoms with E-state index in [1.807, 2.05) is 0 Å². The van der Waals surface area contributed by atoms with Crippen molar-refractivity contribution >= 4 is 27.0 Å². The number of thiophene rings is 1. The fraction of sp³-hybridized carbons (Fsp3) is 0.231. The van der Waals surface area contributed by atoms with Crippen LogP contribution in [0.1, 0.15) is 9.75 Å². The standard InChI is InChI=1S/C13H16N2O3S2/c1-9-13(7-12(8-14)19-9)20(16,17)15-10-4-3-5-11(6-10)18-2/h3-7,15H,8,14H2,1-2H3. The van der Waals surface area contributed by atoms with Crippen molar-refractivity contribution in [1.29, 1.82) is 0 Å². The molecule has 0 saturated carbocycles. The molecule has 108 valence electrons. The van der Waals surface area contributed by atoms with E-state index in [1.54, 1.807) is 37.3 Å². The Hall–Kier alpha value is -1.57. The first-order valence-corrected chi connectivity index (χ1v) is 8.22.